The molecule has 0 aliphatic rings. The molecule has 24 heavy (non-hydrogen) atoms. The minimum atomic E-state index is -0.618. The second kappa shape index (κ2) is 8.15. The highest BCUT2D eigenvalue weighted by Crippen LogP contribution is 2.25. The summed E-state index contributed by atoms with van der Waals surface area (Å²) < 4.78 is 5.24. The van der Waals surface area contributed by atoms with Crippen molar-refractivity contribution >= 4 is 23.2 Å². The summed E-state index contributed by atoms with van der Waals surface area (Å²) in [5.41, 5.74) is 8.28. The fourth-order valence-electron chi connectivity index (χ4n) is 2.78. The molecular weight excluding hydrogens is 322 g/mol. The van der Waals surface area contributed by atoms with Crippen molar-refractivity contribution in [1.29, 1.82) is 0 Å². The zero-order valence-corrected chi connectivity index (χ0v) is 14.4. The monoisotopic (exact) mass is 343 g/mol. The summed E-state index contributed by atoms with van der Waals surface area (Å²) in [5, 5.41) is 12.6. The van der Waals surface area contributed by atoms with E-state index in [4.69, 9.17) is 10.5 Å². The highest BCUT2D eigenvalue weighted by atomic mass is 35.5. The van der Waals surface area contributed by atoms with Crippen LogP contribution in [0.2, 0.25) is 0 Å². The number of nitrogens with two attached hydrogens (primary N) is 1. The van der Waals surface area contributed by atoms with Gasteiger partial charge in [-0.15, -0.1) is 12.4 Å². The van der Waals surface area contributed by atoms with E-state index in [0.29, 0.717) is 6.42 Å². The molecule has 0 radical (unpaired) electrons. The van der Waals surface area contributed by atoms with Crippen molar-refractivity contribution in [3.8, 4) is 5.75 Å². The summed E-state index contributed by atoms with van der Waals surface area (Å²) >= 11 is 0. The molecule has 0 saturated heterocycles. The Bertz CT molecular complexity index is 792. The minimum absolute atomic E-state index is 0. The highest BCUT2D eigenvalue weighted by Gasteiger charge is 2.17. The molecule has 4 heteroatoms. The van der Waals surface area contributed by atoms with E-state index < -0.39 is 12.1 Å². The van der Waals surface area contributed by atoms with Gasteiger partial charge in [0.25, 0.3) is 0 Å². The summed E-state index contributed by atoms with van der Waals surface area (Å²) in [6.45, 7) is 0. The maximum absolute atomic E-state index is 10.4. The summed E-state index contributed by atoms with van der Waals surface area (Å²) in [6, 6.07) is 21.4. The molecule has 3 aromatic carbocycles. The Morgan fingerprint density at radius 2 is 1.62 bits per heavy atom. The van der Waals surface area contributed by atoms with E-state index in [-0.39, 0.29) is 12.4 Å². The summed E-state index contributed by atoms with van der Waals surface area (Å²) in [7, 11) is 1.66. The third-order valence-corrected chi connectivity index (χ3v) is 4.16. The van der Waals surface area contributed by atoms with Gasteiger partial charge in [0.2, 0.25) is 0 Å². The van der Waals surface area contributed by atoms with Crippen molar-refractivity contribution in [3.63, 3.8) is 0 Å². The quantitative estimate of drug-likeness (QED) is 0.739. The zero-order valence-electron chi connectivity index (χ0n) is 13.6. The second-order valence-corrected chi connectivity index (χ2v) is 5.76. The third-order valence-electron chi connectivity index (χ3n) is 4.16. The third kappa shape index (κ3) is 4.06. The number of hydrogen-bond donors (Lipinski definition) is 2. The number of rotatable bonds is 5. The molecule has 126 valence electrons. The van der Waals surface area contributed by atoms with Crippen LogP contribution in [-0.4, -0.2) is 18.3 Å². The van der Waals surface area contributed by atoms with Crippen LogP contribution in [0.1, 0.15) is 17.2 Å². The number of benzene rings is 3. The molecule has 0 amide bonds. The van der Waals surface area contributed by atoms with Crippen LogP contribution in [0.25, 0.3) is 10.8 Å². The zero-order chi connectivity index (χ0) is 16.2. The normalized spacial score (nSPS) is 13.1. The molecule has 0 heterocycles. The van der Waals surface area contributed by atoms with Gasteiger partial charge in [0, 0.05) is 6.42 Å². The molecule has 0 aliphatic carbocycles. The Hall–Kier alpha value is -2.07. The topological polar surface area (TPSA) is 55.5 Å². The van der Waals surface area contributed by atoms with Gasteiger partial charge in [-0.05, 0) is 40.1 Å². The molecule has 3 N–H and O–H groups in total. The Morgan fingerprint density at radius 3 is 2.33 bits per heavy atom. The lowest BCUT2D eigenvalue weighted by Crippen LogP contribution is -2.28. The lowest BCUT2D eigenvalue weighted by atomic mass is 9.95. The van der Waals surface area contributed by atoms with E-state index in [1.807, 2.05) is 66.7 Å². The van der Waals surface area contributed by atoms with E-state index >= 15 is 0 Å². The molecule has 2 atom stereocenters. The summed E-state index contributed by atoms with van der Waals surface area (Å²) in [6.07, 6.45) is -0.0732. The predicted molar refractivity (Wildman–Crippen MR) is 101 cm³/mol. The predicted octanol–water partition coefficient (Wildman–Crippen LogP) is 3.87. The van der Waals surface area contributed by atoms with Crippen molar-refractivity contribution in [2.24, 2.45) is 5.73 Å². The number of hydrogen-bond acceptors (Lipinski definition) is 3. The summed E-state index contributed by atoms with van der Waals surface area (Å²) in [5.74, 6) is 0.832. The van der Waals surface area contributed by atoms with Gasteiger partial charge in [0.1, 0.15) is 5.75 Å². The molecule has 0 aromatic heterocycles. The van der Waals surface area contributed by atoms with Gasteiger partial charge >= 0.3 is 0 Å². The molecule has 0 bridgehead atoms. The first-order chi connectivity index (χ1) is 11.2. The van der Waals surface area contributed by atoms with E-state index in [0.717, 1.165) is 27.6 Å². The fourth-order valence-corrected chi connectivity index (χ4v) is 2.78. The maximum atomic E-state index is 10.4. The number of halogens is 1. The first kappa shape index (κ1) is 18.3. The summed E-state index contributed by atoms with van der Waals surface area (Å²) in [4.78, 5) is 0. The number of methoxy groups -OCH3 is 1. The molecule has 0 unspecified atom stereocenters. The van der Waals surface area contributed by atoms with Crippen LogP contribution in [0.4, 0.5) is 0 Å². The van der Waals surface area contributed by atoms with Crippen LogP contribution in [0.15, 0.2) is 66.7 Å². The lowest BCUT2D eigenvalue weighted by molar-refractivity contribution is 0.145. The van der Waals surface area contributed by atoms with Gasteiger partial charge in [0.15, 0.2) is 0 Å². The molecule has 3 nitrogen and oxygen atoms in total. The van der Waals surface area contributed by atoms with E-state index in [2.05, 4.69) is 0 Å². The molecule has 0 aliphatic heterocycles. The van der Waals surface area contributed by atoms with Crippen LogP contribution in [-0.2, 0) is 6.42 Å². The number of aliphatic hydroxyl groups is 1. The van der Waals surface area contributed by atoms with Crippen molar-refractivity contribution in [2.75, 3.05) is 7.11 Å². The molecule has 0 fully saturated rings. The molecule has 0 spiro atoms. The Balaban J connectivity index is 0.00000208. The Labute approximate surface area is 148 Å². The van der Waals surface area contributed by atoms with Crippen LogP contribution in [0.3, 0.4) is 0 Å². The average Bonchev–Trinajstić information content (AvgIpc) is 2.61. The molecule has 3 rings (SSSR count). The van der Waals surface area contributed by atoms with Crippen LogP contribution < -0.4 is 10.5 Å². The SMILES string of the molecule is COc1ccc2cc([C@H](N)[C@H](O)Cc3ccccc3)ccc2c1.Cl. The molecule has 3 aromatic rings. The first-order valence-electron chi connectivity index (χ1n) is 7.72. The van der Waals surface area contributed by atoms with Gasteiger partial charge in [0.05, 0.1) is 19.3 Å². The number of aliphatic hydroxyl groups excluding tert-OH is 1. The standard InChI is InChI=1S/C20H21NO2.ClH/c1-23-18-10-9-15-12-17(8-7-16(15)13-18)20(21)19(22)11-14-5-3-2-4-6-14;/h2-10,12-13,19-20,22H,11,21H2,1H3;1H/t19-,20+;/m1./s1. The maximum Gasteiger partial charge on any atom is 0.119 e. The van der Waals surface area contributed by atoms with Crippen molar-refractivity contribution in [2.45, 2.75) is 18.6 Å². The molecular formula is C20H22ClNO2. The van der Waals surface area contributed by atoms with Crippen LogP contribution in [0.5, 0.6) is 5.75 Å². The van der Waals surface area contributed by atoms with E-state index in [1.54, 1.807) is 7.11 Å². The second-order valence-electron chi connectivity index (χ2n) is 5.76. The van der Waals surface area contributed by atoms with Gasteiger partial charge in [-0.1, -0.05) is 48.5 Å². The fraction of sp³-hybridized carbons (Fsp3) is 0.200. The van der Waals surface area contributed by atoms with Gasteiger partial charge in [-0.2, -0.15) is 0 Å². The number of fused-ring (bicyclic) bond motifs is 1. The lowest BCUT2D eigenvalue weighted by Gasteiger charge is -2.20. The Kier molecular flexibility index (Phi) is 6.21. The van der Waals surface area contributed by atoms with Crippen molar-refractivity contribution in [3.05, 3.63) is 77.9 Å². The minimum Gasteiger partial charge on any atom is -0.497 e. The number of ether oxygens (including phenoxy) is 1. The van der Waals surface area contributed by atoms with E-state index in [9.17, 15) is 5.11 Å². The van der Waals surface area contributed by atoms with Gasteiger partial charge in [-0.3, -0.25) is 0 Å². The smallest absolute Gasteiger partial charge is 0.119 e. The van der Waals surface area contributed by atoms with E-state index in [1.165, 1.54) is 0 Å². The Morgan fingerprint density at radius 1 is 0.958 bits per heavy atom. The van der Waals surface area contributed by atoms with Gasteiger partial charge < -0.3 is 15.6 Å². The van der Waals surface area contributed by atoms with Gasteiger partial charge in [-0.25, -0.2) is 0 Å². The van der Waals surface area contributed by atoms with Crippen molar-refractivity contribution < 1.29 is 9.84 Å². The van der Waals surface area contributed by atoms with Crippen LogP contribution >= 0.6 is 12.4 Å². The van der Waals surface area contributed by atoms with Crippen LogP contribution in [0, 0.1) is 0 Å². The average molecular weight is 344 g/mol. The van der Waals surface area contributed by atoms with Crippen molar-refractivity contribution in [1.82, 2.24) is 0 Å². The highest BCUT2D eigenvalue weighted by molar-refractivity contribution is 5.85. The molecule has 0 saturated carbocycles. The first-order valence-corrected chi connectivity index (χ1v) is 7.72. The largest absolute Gasteiger partial charge is 0.497 e.